The normalized spacial score (nSPS) is 39.5. The van der Waals surface area contributed by atoms with Crippen molar-refractivity contribution in [3.8, 4) is 0 Å². The van der Waals surface area contributed by atoms with Crippen molar-refractivity contribution in [2.45, 2.75) is 84.4 Å². The highest BCUT2D eigenvalue weighted by molar-refractivity contribution is 4.91. The van der Waals surface area contributed by atoms with Crippen LogP contribution in [0.2, 0.25) is 0 Å². The Kier molecular flexibility index (Phi) is 4.08. The highest BCUT2D eigenvalue weighted by Gasteiger charge is 2.35. The maximum Gasteiger partial charge on any atom is 0.0641 e. The molecular formula is C16H31NO. The van der Waals surface area contributed by atoms with Crippen LogP contribution >= 0.6 is 0 Å². The molecule has 0 aromatic rings. The van der Waals surface area contributed by atoms with Crippen molar-refractivity contribution in [1.29, 1.82) is 0 Å². The molecule has 1 heterocycles. The molecule has 3 unspecified atom stereocenters. The van der Waals surface area contributed by atoms with Crippen LogP contribution in [0.15, 0.2) is 0 Å². The summed E-state index contributed by atoms with van der Waals surface area (Å²) in [6.07, 6.45) is 6.38. The molecule has 2 aliphatic rings. The second kappa shape index (κ2) is 5.13. The Morgan fingerprint density at radius 2 is 1.72 bits per heavy atom. The van der Waals surface area contributed by atoms with E-state index in [9.17, 15) is 0 Å². The van der Waals surface area contributed by atoms with Crippen molar-refractivity contribution < 1.29 is 4.74 Å². The van der Waals surface area contributed by atoms with Gasteiger partial charge >= 0.3 is 0 Å². The molecule has 3 atom stereocenters. The minimum Gasteiger partial charge on any atom is -0.375 e. The highest BCUT2D eigenvalue weighted by atomic mass is 16.5. The average molecular weight is 253 g/mol. The molecule has 1 saturated heterocycles. The summed E-state index contributed by atoms with van der Waals surface area (Å²) >= 11 is 0. The van der Waals surface area contributed by atoms with Crippen LogP contribution in [0.5, 0.6) is 0 Å². The van der Waals surface area contributed by atoms with Gasteiger partial charge in [-0.15, -0.1) is 0 Å². The summed E-state index contributed by atoms with van der Waals surface area (Å²) < 4.78 is 5.81. The van der Waals surface area contributed by atoms with Crippen molar-refractivity contribution in [2.24, 2.45) is 11.3 Å². The molecule has 0 bridgehead atoms. The van der Waals surface area contributed by atoms with Crippen LogP contribution in [0.4, 0.5) is 0 Å². The molecule has 0 amide bonds. The van der Waals surface area contributed by atoms with Crippen LogP contribution in [0.1, 0.15) is 66.7 Å². The molecule has 1 saturated carbocycles. The van der Waals surface area contributed by atoms with Crippen molar-refractivity contribution in [1.82, 2.24) is 5.32 Å². The Labute approximate surface area is 113 Å². The van der Waals surface area contributed by atoms with Crippen LogP contribution in [-0.2, 0) is 4.74 Å². The van der Waals surface area contributed by atoms with Gasteiger partial charge in [0.05, 0.1) is 5.60 Å². The summed E-state index contributed by atoms with van der Waals surface area (Å²) in [5.41, 5.74) is 0.571. The van der Waals surface area contributed by atoms with Crippen LogP contribution in [-0.4, -0.2) is 24.3 Å². The second-order valence-corrected chi connectivity index (χ2v) is 8.07. The van der Waals surface area contributed by atoms with E-state index in [2.05, 4.69) is 39.9 Å². The van der Waals surface area contributed by atoms with E-state index in [1.165, 1.54) is 25.7 Å². The third-order valence-corrected chi connectivity index (χ3v) is 4.56. The highest BCUT2D eigenvalue weighted by Crippen LogP contribution is 2.39. The van der Waals surface area contributed by atoms with Crippen molar-refractivity contribution >= 4 is 0 Å². The summed E-state index contributed by atoms with van der Waals surface area (Å²) in [6, 6.07) is 1.36. The second-order valence-electron chi connectivity index (χ2n) is 8.07. The average Bonchev–Trinajstić information content (AvgIpc) is 2.11. The van der Waals surface area contributed by atoms with Crippen LogP contribution in [0.3, 0.4) is 0 Å². The number of rotatable bonds is 2. The standard InChI is InChI=1S/C16H31NO/c1-12-8-14(10-15(2,3)9-12)17-13-6-7-18-16(4,5)11-13/h12-14,17H,6-11H2,1-5H3. The SMILES string of the molecule is CC1CC(NC2CCOC(C)(C)C2)CC(C)(C)C1. The molecule has 18 heavy (non-hydrogen) atoms. The van der Waals surface area contributed by atoms with E-state index in [4.69, 9.17) is 4.74 Å². The zero-order valence-corrected chi connectivity index (χ0v) is 12.9. The molecule has 0 aromatic carbocycles. The van der Waals surface area contributed by atoms with Gasteiger partial charge in [-0.05, 0) is 57.3 Å². The third kappa shape index (κ3) is 3.96. The summed E-state index contributed by atoms with van der Waals surface area (Å²) in [5, 5.41) is 3.92. The molecule has 0 aromatic heterocycles. The van der Waals surface area contributed by atoms with Gasteiger partial charge in [-0.2, -0.15) is 0 Å². The lowest BCUT2D eigenvalue weighted by Crippen LogP contribution is -2.50. The Bertz CT molecular complexity index is 285. The van der Waals surface area contributed by atoms with Gasteiger partial charge in [-0.1, -0.05) is 20.8 Å². The van der Waals surface area contributed by atoms with Crippen LogP contribution < -0.4 is 5.32 Å². The van der Waals surface area contributed by atoms with Crippen LogP contribution in [0, 0.1) is 11.3 Å². The molecule has 1 aliphatic heterocycles. The van der Waals surface area contributed by atoms with E-state index < -0.39 is 0 Å². The first kappa shape index (κ1) is 14.3. The topological polar surface area (TPSA) is 21.3 Å². The molecule has 106 valence electrons. The van der Waals surface area contributed by atoms with Crippen molar-refractivity contribution in [3.05, 3.63) is 0 Å². The third-order valence-electron chi connectivity index (χ3n) is 4.56. The fraction of sp³-hybridized carbons (Fsp3) is 1.00. The van der Waals surface area contributed by atoms with E-state index >= 15 is 0 Å². The monoisotopic (exact) mass is 253 g/mol. The minimum absolute atomic E-state index is 0.0612. The Hall–Kier alpha value is -0.0800. The van der Waals surface area contributed by atoms with Gasteiger partial charge in [-0.25, -0.2) is 0 Å². The van der Waals surface area contributed by atoms with Gasteiger partial charge in [0.15, 0.2) is 0 Å². The lowest BCUT2D eigenvalue weighted by molar-refractivity contribution is -0.0656. The first-order valence-corrected chi connectivity index (χ1v) is 7.66. The predicted molar refractivity (Wildman–Crippen MR) is 76.8 cm³/mol. The first-order chi connectivity index (χ1) is 8.26. The zero-order valence-electron chi connectivity index (χ0n) is 12.9. The van der Waals surface area contributed by atoms with E-state index in [1.54, 1.807) is 0 Å². The van der Waals surface area contributed by atoms with E-state index in [0.717, 1.165) is 18.9 Å². The summed E-state index contributed by atoms with van der Waals surface area (Å²) in [7, 11) is 0. The van der Waals surface area contributed by atoms with Gasteiger partial charge in [0.1, 0.15) is 0 Å². The Morgan fingerprint density at radius 1 is 1.00 bits per heavy atom. The molecule has 0 radical (unpaired) electrons. The fourth-order valence-corrected chi connectivity index (χ4v) is 4.18. The van der Waals surface area contributed by atoms with E-state index in [-0.39, 0.29) is 5.60 Å². The summed E-state index contributed by atoms with van der Waals surface area (Å²) in [6.45, 7) is 12.6. The van der Waals surface area contributed by atoms with Crippen LogP contribution in [0.25, 0.3) is 0 Å². The lowest BCUT2D eigenvalue weighted by Gasteiger charge is -2.43. The van der Waals surface area contributed by atoms with Gasteiger partial charge in [0, 0.05) is 18.7 Å². The molecule has 2 nitrogen and oxygen atoms in total. The predicted octanol–water partition coefficient (Wildman–Crippen LogP) is 3.75. The molecule has 2 fully saturated rings. The molecule has 2 rings (SSSR count). The first-order valence-electron chi connectivity index (χ1n) is 7.66. The Balaban J connectivity index is 1.89. The molecule has 0 spiro atoms. The summed E-state index contributed by atoms with van der Waals surface area (Å²) in [4.78, 5) is 0. The van der Waals surface area contributed by atoms with Crippen molar-refractivity contribution in [2.75, 3.05) is 6.61 Å². The largest absolute Gasteiger partial charge is 0.375 e. The Morgan fingerprint density at radius 3 is 2.33 bits per heavy atom. The molecule has 2 heteroatoms. The van der Waals surface area contributed by atoms with Crippen molar-refractivity contribution in [3.63, 3.8) is 0 Å². The lowest BCUT2D eigenvalue weighted by atomic mass is 9.70. The molecule has 1 aliphatic carbocycles. The van der Waals surface area contributed by atoms with E-state index in [1.807, 2.05) is 0 Å². The minimum atomic E-state index is 0.0612. The van der Waals surface area contributed by atoms with Gasteiger partial charge < -0.3 is 10.1 Å². The number of nitrogens with one attached hydrogen (secondary N) is 1. The van der Waals surface area contributed by atoms with Gasteiger partial charge in [0.2, 0.25) is 0 Å². The maximum absolute atomic E-state index is 5.81. The number of ether oxygens (including phenoxy) is 1. The smallest absolute Gasteiger partial charge is 0.0641 e. The maximum atomic E-state index is 5.81. The van der Waals surface area contributed by atoms with Gasteiger partial charge in [-0.3, -0.25) is 0 Å². The van der Waals surface area contributed by atoms with Gasteiger partial charge in [0.25, 0.3) is 0 Å². The quantitative estimate of drug-likeness (QED) is 0.809. The number of hydrogen-bond acceptors (Lipinski definition) is 2. The molecular weight excluding hydrogens is 222 g/mol. The zero-order chi connectivity index (χ0) is 13.4. The van der Waals surface area contributed by atoms with E-state index in [0.29, 0.717) is 17.5 Å². The summed E-state index contributed by atoms with van der Waals surface area (Å²) in [5.74, 6) is 0.860. The molecule has 1 N–H and O–H groups in total. The fourth-order valence-electron chi connectivity index (χ4n) is 4.18. The number of hydrogen-bond donors (Lipinski definition) is 1.